The smallest absolute Gasteiger partial charge is 0.129 e. The number of hydrogen-bond donors (Lipinski definition) is 1. The number of halogens is 1. The Bertz CT molecular complexity index is 391. The molecule has 0 fully saturated rings. The highest BCUT2D eigenvalue weighted by molar-refractivity contribution is 5.47. The minimum atomic E-state index is -0.284. The third-order valence-corrected chi connectivity index (χ3v) is 2.74. The van der Waals surface area contributed by atoms with Gasteiger partial charge < -0.3 is 5.73 Å². The van der Waals surface area contributed by atoms with Crippen LogP contribution in [0.3, 0.4) is 0 Å². The van der Waals surface area contributed by atoms with E-state index in [9.17, 15) is 4.39 Å². The second-order valence-corrected chi connectivity index (χ2v) is 4.17. The van der Waals surface area contributed by atoms with Crippen molar-refractivity contribution < 1.29 is 4.39 Å². The van der Waals surface area contributed by atoms with E-state index >= 15 is 0 Å². The predicted molar refractivity (Wildman–Crippen MR) is 66.5 cm³/mol. The molecule has 0 radical (unpaired) electrons. The van der Waals surface area contributed by atoms with Gasteiger partial charge in [-0.2, -0.15) is 5.26 Å². The Labute approximate surface area is 102 Å². The number of nitrogen functional groups attached to an aromatic ring is 1. The van der Waals surface area contributed by atoms with Gasteiger partial charge in [0.15, 0.2) is 0 Å². The van der Waals surface area contributed by atoms with Crippen LogP contribution in [0.2, 0.25) is 0 Å². The summed E-state index contributed by atoms with van der Waals surface area (Å²) in [6.45, 7) is 5.68. The molecule has 1 aromatic rings. The first kappa shape index (κ1) is 13.5. The monoisotopic (exact) mass is 235 g/mol. The molecule has 92 valence electrons. The van der Waals surface area contributed by atoms with Crippen LogP contribution in [0.5, 0.6) is 0 Å². The van der Waals surface area contributed by atoms with E-state index < -0.39 is 0 Å². The Kier molecular flexibility index (Phi) is 4.92. The standard InChI is InChI=1S/C13H18FN3/c1-3-17(8-10(2)7-15)9-11-12(14)5-4-6-13(11)16/h4-6,10H,3,8-9,16H2,1-2H3. The Morgan fingerprint density at radius 2 is 2.24 bits per heavy atom. The van der Waals surface area contributed by atoms with Crippen LogP contribution in [0, 0.1) is 23.1 Å². The summed E-state index contributed by atoms with van der Waals surface area (Å²) in [5.74, 6) is -0.351. The van der Waals surface area contributed by atoms with Crippen LogP contribution >= 0.6 is 0 Å². The lowest BCUT2D eigenvalue weighted by atomic mass is 10.1. The molecule has 0 saturated heterocycles. The van der Waals surface area contributed by atoms with Gasteiger partial charge in [-0.05, 0) is 25.6 Å². The summed E-state index contributed by atoms with van der Waals surface area (Å²) < 4.78 is 13.6. The summed E-state index contributed by atoms with van der Waals surface area (Å²) in [7, 11) is 0. The molecule has 17 heavy (non-hydrogen) atoms. The summed E-state index contributed by atoms with van der Waals surface area (Å²) in [4.78, 5) is 2.02. The normalized spacial score (nSPS) is 12.4. The molecule has 0 heterocycles. The average Bonchev–Trinajstić information content (AvgIpc) is 2.32. The van der Waals surface area contributed by atoms with Gasteiger partial charge in [-0.15, -0.1) is 0 Å². The van der Waals surface area contributed by atoms with Crippen molar-refractivity contribution in [2.45, 2.75) is 20.4 Å². The minimum absolute atomic E-state index is 0.0667. The van der Waals surface area contributed by atoms with Gasteiger partial charge in [-0.3, -0.25) is 4.90 Å². The second kappa shape index (κ2) is 6.21. The lowest BCUT2D eigenvalue weighted by Crippen LogP contribution is -2.28. The second-order valence-electron chi connectivity index (χ2n) is 4.17. The predicted octanol–water partition coefficient (Wildman–Crippen LogP) is 2.39. The van der Waals surface area contributed by atoms with Gasteiger partial charge in [-0.25, -0.2) is 4.39 Å². The Morgan fingerprint density at radius 1 is 1.53 bits per heavy atom. The molecule has 2 N–H and O–H groups in total. The first-order valence-electron chi connectivity index (χ1n) is 5.73. The molecule has 0 saturated carbocycles. The minimum Gasteiger partial charge on any atom is -0.398 e. The van der Waals surface area contributed by atoms with Crippen LogP contribution in [0.25, 0.3) is 0 Å². The van der Waals surface area contributed by atoms with Crippen molar-refractivity contribution in [2.75, 3.05) is 18.8 Å². The first-order valence-corrected chi connectivity index (χ1v) is 5.73. The van der Waals surface area contributed by atoms with Crippen molar-refractivity contribution in [3.63, 3.8) is 0 Å². The van der Waals surface area contributed by atoms with Gasteiger partial charge in [0.25, 0.3) is 0 Å². The maximum absolute atomic E-state index is 13.6. The SMILES string of the molecule is CCN(Cc1c(N)cccc1F)CC(C)C#N. The van der Waals surface area contributed by atoms with Gasteiger partial charge in [0.05, 0.1) is 12.0 Å². The molecule has 3 nitrogen and oxygen atoms in total. The van der Waals surface area contributed by atoms with E-state index in [1.807, 2.05) is 18.7 Å². The highest BCUT2D eigenvalue weighted by atomic mass is 19.1. The van der Waals surface area contributed by atoms with E-state index in [1.54, 1.807) is 12.1 Å². The fraction of sp³-hybridized carbons (Fsp3) is 0.462. The third-order valence-electron chi connectivity index (χ3n) is 2.74. The molecular weight excluding hydrogens is 217 g/mol. The quantitative estimate of drug-likeness (QED) is 0.797. The lowest BCUT2D eigenvalue weighted by Gasteiger charge is -2.22. The van der Waals surface area contributed by atoms with Gasteiger partial charge in [0.1, 0.15) is 5.82 Å². The number of hydrogen-bond acceptors (Lipinski definition) is 3. The molecule has 0 amide bonds. The fourth-order valence-electron chi connectivity index (χ4n) is 1.70. The highest BCUT2D eigenvalue weighted by Gasteiger charge is 2.13. The summed E-state index contributed by atoms with van der Waals surface area (Å²) >= 11 is 0. The Morgan fingerprint density at radius 3 is 2.76 bits per heavy atom. The molecule has 1 atom stereocenters. The maximum Gasteiger partial charge on any atom is 0.129 e. The van der Waals surface area contributed by atoms with Crippen LogP contribution in [-0.4, -0.2) is 18.0 Å². The molecule has 1 rings (SSSR count). The van der Waals surface area contributed by atoms with Gasteiger partial charge >= 0.3 is 0 Å². The van der Waals surface area contributed by atoms with Crippen LogP contribution in [0.4, 0.5) is 10.1 Å². The highest BCUT2D eigenvalue weighted by Crippen LogP contribution is 2.18. The average molecular weight is 235 g/mol. The van der Waals surface area contributed by atoms with Crippen LogP contribution in [0.15, 0.2) is 18.2 Å². The van der Waals surface area contributed by atoms with Crippen LogP contribution in [0.1, 0.15) is 19.4 Å². The van der Waals surface area contributed by atoms with Crippen molar-refractivity contribution >= 4 is 5.69 Å². The van der Waals surface area contributed by atoms with E-state index in [-0.39, 0.29) is 11.7 Å². The van der Waals surface area contributed by atoms with Crippen molar-refractivity contribution in [1.82, 2.24) is 4.90 Å². The van der Waals surface area contributed by atoms with Crippen LogP contribution in [-0.2, 0) is 6.54 Å². The van der Waals surface area contributed by atoms with Gasteiger partial charge in [-0.1, -0.05) is 13.0 Å². The fourth-order valence-corrected chi connectivity index (χ4v) is 1.70. The van der Waals surface area contributed by atoms with Gasteiger partial charge in [0.2, 0.25) is 0 Å². The summed E-state index contributed by atoms with van der Waals surface area (Å²) in [6.07, 6.45) is 0. The lowest BCUT2D eigenvalue weighted by molar-refractivity contribution is 0.257. The molecule has 0 aromatic heterocycles. The number of benzene rings is 1. The zero-order valence-electron chi connectivity index (χ0n) is 10.3. The summed E-state index contributed by atoms with van der Waals surface area (Å²) in [5, 5.41) is 8.78. The molecular formula is C13H18FN3. The molecule has 0 aliphatic carbocycles. The van der Waals surface area contributed by atoms with Crippen molar-refractivity contribution in [1.29, 1.82) is 5.26 Å². The maximum atomic E-state index is 13.6. The molecule has 0 aliphatic heterocycles. The number of anilines is 1. The Balaban J connectivity index is 2.78. The molecule has 1 unspecified atom stereocenters. The zero-order chi connectivity index (χ0) is 12.8. The number of nitrogens with zero attached hydrogens (tertiary/aromatic N) is 2. The topological polar surface area (TPSA) is 53.0 Å². The molecule has 0 spiro atoms. The van der Waals surface area contributed by atoms with E-state index in [4.69, 9.17) is 11.0 Å². The van der Waals surface area contributed by atoms with Crippen molar-refractivity contribution in [2.24, 2.45) is 5.92 Å². The third kappa shape index (κ3) is 3.72. The molecule has 0 bridgehead atoms. The van der Waals surface area contributed by atoms with E-state index in [2.05, 4.69) is 6.07 Å². The number of rotatable bonds is 5. The van der Waals surface area contributed by atoms with Crippen molar-refractivity contribution in [3.05, 3.63) is 29.6 Å². The number of nitrogens with two attached hydrogens (primary N) is 1. The molecule has 1 aromatic carbocycles. The largest absolute Gasteiger partial charge is 0.398 e. The molecule has 0 aliphatic rings. The van der Waals surface area contributed by atoms with Crippen LogP contribution < -0.4 is 5.73 Å². The summed E-state index contributed by atoms with van der Waals surface area (Å²) in [6, 6.07) is 6.88. The molecule has 4 heteroatoms. The Hall–Kier alpha value is -1.60. The van der Waals surface area contributed by atoms with E-state index in [1.165, 1.54) is 6.07 Å². The van der Waals surface area contributed by atoms with E-state index in [0.29, 0.717) is 24.3 Å². The number of nitriles is 1. The summed E-state index contributed by atoms with van der Waals surface area (Å²) in [5.41, 5.74) is 6.74. The van der Waals surface area contributed by atoms with E-state index in [0.717, 1.165) is 6.54 Å². The first-order chi connectivity index (χ1) is 8.08. The van der Waals surface area contributed by atoms with Gasteiger partial charge in [0, 0.05) is 24.3 Å². The zero-order valence-corrected chi connectivity index (χ0v) is 10.3. The van der Waals surface area contributed by atoms with Crippen molar-refractivity contribution in [3.8, 4) is 6.07 Å².